The number of piperazine rings is 1. The van der Waals surface area contributed by atoms with Gasteiger partial charge in [-0.25, -0.2) is 0 Å². The van der Waals surface area contributed by atoms with Crippen LogP contribution in [0.3, 0.4) is 0 Å². The third-order valence-electron chi connectivity index (χ3n) is 4.34. The van der Waals surface area contributed by atoms with Crippen LogP contribution in [-0.2, 0) is 0 Å². The Balaban J connectivity index is 1.46. The molecule has 1 aromatic heterocycles. The highest BCUT2D eigenvalue weighted by Crippen LogP contribution is 2.10. The Hall–Kier alpha value is -2.53. The Morgan fingerprint density at radius 2 is 1.54 bits per heavy atom. The number of benzene rings is 1. The molecule has 124 valence electrons. The number of Topliss-reactive ketones (excluding diaryl/α,β-unsaturated/α-hetero) is 1. The number of carbonyl (C=O) groups excluding carboxylic acids is 2. The summed E-state index contributed by atoms with van der Waals surface area (Å²) < 4.78 is 0. The molecule has 0 saturated carbocycles. The summed E-state index contributed by atoms with van der Waals surface area (Å²) >= 11 is 0. The van der Waals surface area contributed by atoms with Crippen LogP contribution in [0, 0.1) is 0 Å². The maximum atomic E-state index is 12.4. The van der Waals surface area contributed by atoms with E-state index in [9.17, 15) is 9.59 Å². The first-order chi connectivity index (χ1) is 11.7. The third kappa shape index (κ3) is 4.06. The SMILES string of the molecule is O=C(CCN1CCN(C(=O)c2ccncc2)CC1)c1ccccc1. The van der Waals surface area contributed by atoms with E-state index in [1.54, 1.807) is 24.5 Å². The van der Waals surface area contributed by atoms with Crippen molar-refractivity contribution in [3.8, 4) is 0 Å². The van der Waals surface area contributed by atoms with Crippen LogP contribution in [0.4, 0.5) is 0 Å². The van der Waals surface area contributed by atoms with Gasteiger partial charge >= 0.3 is 0 Å². The van der Waals surface area contributed by atoms with Gasteiger partial charge in [0.15, 0.2) is 5.78 Å². The normalized spacial score (nSPS) is 15.2. The van der Waals surface area contributed by atoms with E-state index in [-0.39, 0.29) is 11.7 Å². The van der Waals surface area contributed by atoms with Gasteiger partial charge in [-0.1, -0.05) is 30.3 Å². The number of nitrogens with zero attached hydrogens (tertiary/aromatic N) is 3. The summed E-state index contributed by atoms with van der Waals surface area (Å²) in [4.78, 5) is 32.6. The van der Waals surface area contributed by atoms with E-state index in [1.807, 2.05) is 35.2 Å². The van der Waals surface area contributed by atoms with Gasteiger partial charge in [0.05, 0.1) is 0 Å². The van der Waals surface area contributed by atoms with Gasteiger partial charge in [0, 0.05) is 62.7 Å². The lowest BCUT2D eigenvalue weighted by Gasteiger charge is -2.34. The molecule has 0 bridgehead atoms. The van der Waals surface area contributed by atoms with E-state index in [1.165, 1.54) is 0 Å². The van der Waals surface area contributed by atoms with Gasteiger partial charge in [0.1, 0.15) is 0 Å². The average Bonchev–Trinajstić information content (AvgIpc) is 2.67. The van der Waals surface area contributed by atoms with Gasteiger partial charge in [0.2, 0.25) is 0 Å². The number of amides is 1. The maximum Gasteiger partial charge on any atom is 0.254 e. The minimum atomic E-state index is 0.0532. The first kappa shape index (κ1) is 16.3. The van der Waals surface area contributed by atoms with Gasteiger partial charge in [-0.05, 0) is 12.1 Å². The fourth-order valence-corrected chi connectivity index (χ4v) is 2.88. The van der Waals surface area contributed by atoms with E-state index in [2.05, 4.69) is 9.88 Å². The van der Waals surface area contributed by atoms with E-state index in [0.29, 0.717) is 25.1 Å². The van der Waals surface area contributed by atoms with Gasteiger partial charge in [-0.2, -0.15) is 0 Å². The lowest BCUT2D eigenvalue weighted by atomic mass is 10.1. The van der Waals surface area contributed by atoms with Crippen LogP contribution >= 0.6 is 0 Å². The molecule has 0 aliphatic carbocycles. The molecule has 2 aromatic rings. The van der Waals surface area contributed by atoms with E-state index in [0.717, 1.165) is 25.2 Å². The number of hydrogen-bond donors (Lipinski definition) is 0. The number of aromatic nitrogens is 1. The lowest BCUT2D eigenvalue weighted by molar-refractivity contribution is 0.0628. The van der Waals surface area contributed by atoms with E-state index < -0.39 is 0 Å². The number of pyridine rings is 1. The molecule has 1 saturated heterocycles. The van der Waals surface area contributed by atoms with E-state index >= 15 is 0 Å². The van der Waals surface area contributed by atoms with E-state index in [4.69, 9.17) is 0 Å². The van der Waals surface area contributed by atoms with Crippen molar-refractivity contribution in [2.45, 2.75) is 6.42 Å². The molecule has 0 spiro atoms. The van der Waals surface area contributed by atoms with Crippen LogP contribution in [0.25, 0.3) is 0 Å². The Morgan fingerprint density at radius 1 is 0.875 bits per heavy atom. The highest BCUT2D eigenvalue weighted by molar-refractivity contribution is 5.96. The monoisotopic (exact) mass is 323 g/mol. The summed E-state index contributed by atoms with van der Waals surface area (Å²) in [5.74, 6) is 0.225. The molecule has 1 aromatic carbocycles. The first-order valence-electron chi connectivity index (χ1n) is 8.24. The molecular weight excluding hydrogens is 302 g/mol. The van der Waals surface area contributed by atoms with Crippen molar-refractivity contribution in [3.63, 3.8) is 0 Å². The molecule has 1 fully saturated rings. The number of carbonyl (C=O) groups is 2. The zero-order chi connectivity index (χ0) is 16.8. The number of hydrogen-bond acceptors (Lipinski definition) is 4. The van der Waals surface area contributed by atoms with Gasteiger partial charge in [-0.3, -0.25) is 19.5 Å². The molecule has 0 radical (unpaired) electrons. The molecule has 1 aliphatic heterocycles. The van der Waals surface area contributed by atoms with Crippen molar-refractivity contribution in [2.24, 2.45) is 0 Å². The number of rotatable bonds is 5. The van der Waals surface area contributed by atoms with Gasteiger partial charge in [0.25, 0.3) is 5.91 Å². The third-order valence-corrected chi connectivity index (χ3v) is 4.34. The van der Waals surface area contributed by atoms with Crippen LogP contribution in [0.1, 0.15) is 27.1 Å². The van der Waals surface area contributed by atoms with Crippen molar-refractivity contribution in [1.29, 1.82) is 0 Å². The Bertz CT molecular complexity index is 680. The number of ketones is 1. The maximum absolute atomic E-state index is 12.4. The largest absolute Gasteiger partial charge is 0.336 e. The predicted molar refractivity (Wildman–Crippen MR) is 92.0 cm³/mol. The van der Waals surface area contributed by atoms with Crippen molar-refractivity contribution >= 4 is 11.7 Å². The fraction of sp³-hybridized carbons (Fsp3) is 0.316. The second-order valence-electron chi connectivity index (χ2n) is 5.91. The van der Waals surface area contributed by atoms with Crippen LogP contribution < -0.4 is 0 Å². The minimum Gasteiger partial charge on any atom is -0.336 e. The second-order valence-corrected chi connectivity index (χ2v) is 5.91. The fourth-order valence-electron chi connectivity index (χ4n) is 2.88. The molecule has 3 rings (SSSR count). The quantitative estimate of drug-likeness (QED) is 0.791. The molecule has 1 amide bonds. The van der Waals surface area contributed by atoms with Crippen LogP contribution in [-0.4, -0.2) is 59.2 Å². The summed E-state index contributed by atoms with van der Waals surface area (Å²) in [6.45, 7) is 3.74. The predicted octanol–water partition coefficient (Wildman–Crippen LogP) is 2.11. The summed E-state index contributed by atoms with van der Waals surface area (Å²) in [6.07, 6.45) is 3.79. The zero-order valence-corrected chi connectivity index (χ0v) is 13.6. The topological polar surface area (TPSA) is 53.5 Å². The van der Waals surface area contributed by atoms with Crippen molar-refractivity contribution < 1.29 is 9.59 Å². The molecule has 5 nitrogen and oxygen atoms in total. The molecular formula is C19H21N3O2. The molecule has 24 heavy (non-hydrogen) atoms. The second kappa shape index (κ2) is 7.84. The van der Waals surface area contributed by atoms with Crippen molar-refractivity contribution in [2.75, 3.05) is 32.7 Å². The summed E-state index contributed by atoms with van der Waals surface area (Å²) in [7, 11) is 0. The summed E-state index contributed by atoms with van der Waals surface area (Å²) in [5.41, 5.74) is 1.45. The molecule has 5 heteroatoms. The van der Waals surface area contributed by atoms with Crippen molar-refractivity contribution in [3.05, 3.63) is 66.0 Å². The highest BCUT2D eigenvalue weighted by atomic mass is 16.2. The summed E-state index contributed by atoms with van der Waals surface area (Å²) in [6, 6.07) is 12.9. The Labute approximate surface area is 141 Å². The molecule has 0 N–H and O–H groups in total. The molecule has 1 aliphatic rings. The van der Waals surface area contributed by atoms with Crippen LogP contribution in [0.2, 0.25) is 0 Å². The molecule has 0 atom stereocenters. The lowest BCUT2D eigenvalue weighted by Crippen LogP contribution is -2.49. The van der Waals surface area contributed by atoms with Gasteiger partial charge in [-0.15, -0.1) is 0 Å². The smallest absolute Gasteiger partial charge is 0.254 e. The highest BCUT2D eigenvalue weighted by Gasteiger charge is 2.22. The minimum absolute atomic E-state index is 0.0532. The van der Waals surface area contributed by atoms with Gasteiger partial charge < -0.3 is 4.90 Å². The van der Waals surface area contributed by atoms with Crippen LogP contribution in [0.5, 0.6) is 0 Å². The molecule has 0 unspecified atom stereocenters. The standard InChI is InChI=1S/C19H21N3O2/c23-18(16-4-2-1-3-5-16)8-11-21-12-14-22(15-13-21)19(24)17-6-9-20-10-7-17/h1-7,9-10H,8,11-15H2. The Kier molecular flexibility index (Phi) is 5.33. The first-order valence-corrected chi connectivity index (χ1v) is 8.24. The average molecular weight is 323 g/mol. The van der Waals surface area contributed by atoms with Crippen molar-refractivity contribution in [1.82, 2.24) is 14.8 Å². The van der Waals surface area contributed by atoms with Crippen LogP contribution in [0.15, 0.2) is 54.9 Å². The zero-order valence-electron chi connectivity index (χ0n) is 13.6. The Morgan fingerprint density at radius 3 is 2.21 bits per heavy atom. The summed E-state index contributed by atoms with van der Waals surface area (Å²) in [5, 5.41) is 0. The molecule has 2 heterocycles.